The second-order valence-corrected chi connectivity index (χ2v) is 14.8. The molecule has 0 saturated carbocycles. The number of nitrogens with zero attached hydrogens (tertiary/aromatic N) is 1. The highest BCUT2D eigenvalue weighted by atomic mass is 32.2. The van der Waals surface area contributed by atoms with E-state index in [1.165, 1.54) is 12.1 Å². The molecule has 1 amide bonds. The van der Waals surface area contributed by atoms with E-state index in [-0.39, 0.29) is 42.8 Å². The van der Waals surface area contributed by atoms with Gasteiger partial charge in [0.05, 0.1) is 30.3 Å². The maximum absolute atomic E-state index is 13.8. The molecule has 2 fully saturated rings. The molecule has 0 bridgehead atoms. The van der Waals surface area contributed by atoms with Crippen molar-refractivity contribution in [2.45, 2.75) is 74.7 Å². The Morgan fingerprint density at radius 3 is 2.38 bits per heavy atom. The molecule has 2 aliphatic heterocycles. The highest BCUT2D eigenvalue weighted by Crippen LogP contribution is 2.39. The van der Waals surface area contributed by atoms with E-state index in [9.17, 15) is 23.4 Å². The summed E-state index contributed by atoms with van der Waals surface area (Å²) in [5.74, 6) is -0.504. The van der Waals surface area contributed by atoms with Crippen molar-refractivity contribution in [3.8, 4) is 0 Å². The Labute approximate surface area is 294 Å². The Balaban J connectivity index is 1.22. The quantitative estimate of drug-likeness (QED) is 0.153. The van der Waals surface area contributed by atoms with Gasteiger partial charge in [0.15, 0.2) is 6.29 Å². The molecule has 5 atom stereocenters. The van der Waals surface area contributed by atoms with Crippen molar-refractivity contribution in [1.82, 2.24) is 9.62 Å². The van der Waals surface area contributed by atoms with E-state index in [0.717, 1.165) is 41.6 Å². The lowest BCUT2D eigenvalue weighted by molar-refractivity contribution is -0.253. The van der Waals surface area contributed by atoms with Gasteiger partial charge in [0.2, 0.25) is 15.9 Å². The lowest BCUT2D eigenvalue weighted by Crippen LogP contribution is -2.45. The van der Waals surface area contributed by atoms with Crippen LogP contribution in [0.1, 0.15) is 59.5 Å². The highest BCUT2D eigenvalue weighted by molar-refractivity contribution is 7.89. The summed E-state index contributed by atoms with van der Waals surface area (Å²) in [6.45, 7) is 3.48. The molecular formula is C39H45N3O7S. The summed E-state index contributed by atoms with van der Waals surface area (Å²) in [6, 6.07) is 29.7. The molecule has 4 aromatic rings. The van der Waals surface area contributed by atoms with Crippen LogP contribution in [0.3, 0.4) is 0 Å². The van der Waals surface area contributed by atoms with Gasteiger partial charge in [0.25, 0.3) is 0 Å². The SMILES string of the molecule is Cc1ccc(S(=O)(=O)N[C@H](Cc2ccccc2)C(=O)Nc2cccc([C@H]3O[C@@H](CN4CCC[C@H]4CO)C[C@@H](c4ccc(CO)cc4)O3)c2)cc1. The average molecular weight is 700 g/mol. The van der Waals surface area contributed by atoms with Gasteiger partial charge in [0, 0.05) is 30.3 Å². The van der Waals surface area contributed by atoms with Gasteiger partial charge in [0.1, 0.15) is 6.04 Å². The molecule has 0 aromatic heterocycles. The van der Waals surface area contributed by atoms with Crippen molar-refractivity contribution in [3.63, 3.8) is 0 Å². The first-order valence-corrected chi connectivity index (χ1v) is 18.6. The van der Waals surface area contributed by atoms with E-state index in [1.807, 2.05) is 67.6 Å². The van der Waals surface area contributed by atoms with Gasteiger partial charge in [-0.1, -0.05) is 84.4 Å². The number of ether oxygens (including phenoxy) is 2. The van der Waals surface area contributed by atoms with Gasteiger partial charge in [-0.05, 0) is 73.7 Å². The van der Waals surface area contributed by atoms with E-state index in [4.69, 9.17) is 9.47 Å². The van der Waals surface area contributed by atoms with E-state index < -0.39 is 28.3 Å². The number of benzene rings is 4. The number of aliphatic hydroxyl groups excluding tert-OH is 2. The number of nitrogens with one attached hydrogen (secondary N) is 2. The number of likely N-dealkylation sites (tertiary alicyclic amines) is 1. The minimum atomic E-state index is -4.00. The Bertz CT molecular complexity index is 1820. The van der Waals surface area contributed by atoms with Crippen LogP contribution < -0.4 is 10.0 Å². The number of hydrogen-bond donors (Lipinski definition) is 4. The summed E-state index contributed by atoms with van der Waals surface area (Å²) in [6.07, 6.45) is 1.52. The maximum Gasteiger partial charge on any atom is 0.242 e. The first-order chi connectivity index (χ1) is 24.2. The molecule has 2 heterocycles. The number of rotatable bonds is 13. The van der Waals surface area contributed by atoms with Crippen LogP contribution in [-0.4, -0.2) is 67.3 Å². The molecule has 0 unspecified atom stereocenters. The molecular weight excluding hydrogens is 655 g/mol. The molecule has 50 heavy (non-hydrogen) atoms. The minimum Gasteiger partial charge on any atom is -0.395 e. The number of carbonyl (C=O) groups is 1. The summed E-state index contributed by atoms with van der Waals surface area (Å²) in [4.78, 5) is 16.2. The van der Waals surface area contributed by atoms with Crippen LogP contribution in [0.4, 0.5) is 5.69 Å². The van der Waals surface area contributed by atoms with E-state index in [0.29, 0.717) is 24.2 Å². The lowest BCUT2D eigenvalue weighted by atomic mass is 9.99. The predicted molar refractivity (Wildman–Crippen MR) is 191 cm³/mol. The fourth-order valence-electron chi connectivity index (χ4n) is 6.64. The third-order valence-electron chi connectivity index (χ3n) is 9.42. The average Bonchev–Trinajstić information content (AvgIpc) is 3.59. The first-order valence-electron chi connectivity index (χ1n) is 17.1. The second-order valence-electron chi connectivity index (χ2n) is 13.1. The first kappa shape index (κ1) is 35.9. The largest absolute Gasteiger partial charge is 0.395 e. The van der Waals surface area contributed by atoms with Crippen LogP contribution in [0.25, 0.3) is 0 Å². The van der Waals surface area contributed by atoms with Crippen LogP contribution >= 0.6 is 0 Å². The van der Waals surface area contributed by atoms with Crippen LogP contribution in [0.5, 0.6) is 0 Å². The van der Waals surface area contributed by atoms with E-state index in [1.54, 1.807) is 30.3 Å². The number of amides is 1. The fourth-order valence-corrected chi connectivity index (χ4v) is 7.84. The van der Waals surface area contributed by atoms with Crippen molar-refractivity contribution < 1.29 is 32.9 Å². The zero-order chi connectivity index (χ0) is 35.1. The maximum atomic E-state index is 13.8. The van der Waals surface area contributed by atoms with Crippen LogP contribution in [0.15, 0.2) is 108 Å². The van der Waals surface area contributed by atoms with Gasteiger partial charge in [-0.3, -0.25) is 9.69 Å². The lowest BCUT2D eigenvalue weighted by Gasteiger charge is -2.38. The number of anilines is 1. The molecule has 11 heteroatoms. The summed E-state index contributed by atoms with van der Waals surface area (Å²) in [5, 5.41) is 22.4. The van der Waals surface area contributed by atoms with Gasteiger partial charge in [-0.25, -0.2) is 8.42 Å². The monoisotopic (exact) mass is 699 g/mol. The summed E-state index contributed by atoms with van der Waals surface area (Å²) in [7, 11) is -4.00. The number of hydrogen-bond acceptors (Lipinski definition) is 8. The molecule has 4 N–H and O–H groups in total. The normalized spacial score (nSPS) is 21.9. The van der Waals surface area contributed by atoms with Crippen molar-refractivity contribution >= 4 is 21.6 Å². The van der Waals surface area contributed by atoms with Gasteiger partial charge >= 0.3 is 0 Å². The molecule has 10 nitrogen and oxygen atoms in total. The van der Waals surface area contributed by atoms with Crippen molar-refractivity contribution in [2.75, 3.05) is 25.0 Å². The number of aliphatic hydroxyl groups is 2. The van der Waals surface area contributed by atoms with Gasteiger partial charge < -0.3 is 25.0 Å². The molecule has 0 spiro atoms. The number of sulfonamides is 1. The van der Waals surface area contributed by atoms with Gasteiger partial charge in [-0.15, -0.1) is 0 Å². The number of carbonyl (C=O) groups excluding carboxylic acids is 1. The predicted octanol–water partition coefficient (Wildman–Crippen LogP) is 5.02. The molecule has 4 aromatic carbocycles. The molecule has 2 aliphatic rings. The minimum absolute atomic E-state index is 0.0458. The Morgan fingerprint density at radius 1 is 0.900 bits per heavy atom. The third-order valence-corrected chi connectivity index (χ3v) is 10.9. The molecule has 264 valence electrons. The summed E-state index contributed by atoms with van der Waals surface area (Å²) >= 11 is 0. The summed E-state index contributed by atoms with van der Waals surface area (Å²) < 4.78 is 42.5. The topological polar surface area (TPSA) is 137 Å². The van der Waals surface area contributed by atoms with E-state index >= 15 is 0 Å². The Morgan fingerprint density at radius 2 is 1.66 bits per heavy atom. The van der Waals surface area contributed by atoms with Crippen LogP contribution in [0.2, 0.25) is 0 Å². The molecule has 6 rings (SSSR count). The zero-order valence-electron chi connectivity index (χ0n) is 28.1. The highest BCUT2D eigenvalue weighted by Gasteiger charge is 2.35. The van der Waals surface area contributed by atoms with Crippen molar-refractivity contribution in [3.05, 3.63) is 131 Å². The Hall–Kier alpha value is -3.94. The Kier molecular flexibility index (Phi) is 11.8. The van der Waals surface area contributed by atoms with Crippen molar-refractivity contribution in [1.29, 1.82) is 0 Å². The van der Waals surface area contributed by atoms with Gasteiger partial charge in [-0.2, -0.15) is 4.72 Å². The second kappa shape index (κ2) is 16.4. The molecule has 0 aliphatic carbocycles. The number of aryl methyl sites for hydroxylation is 1. The molecule has 2 saturated heterocycles. The standard InChI is InChI=1S/C39H45N3O7S/c1-27-12-18-35(19-13-27)50(46,47)41-36(21-28-7-3-2-4-8-28)38(45)40-32-10-5-9-31(22-32)39-48-34(24-42-20-6-11-33(42)26-44)23-37(49-39)30-16-14-29(25-43)15-17-30/h2-5,7-10,12-19,22,33-34,36-37,39,41,43-44H,6,11,20-21,23-26H2,1H3,(H,40,45)/t33-,34+,36+,37-,39-/m0/s1. The van der Waals surface area contributed by atoms with Crippen LogP contribution in [-0.2, 0) is 37.3 Å². The van der Waals surface area contributed by atoms with Crippen LogP contribution in [0, 0.1) is 6.92 Å². The van der Waals surface area contributed by atoms with Crippen molar-refractivity contribution in [2.24, 2.45) is 0 Å². The fraction of sp³-hybridized carbons (Fsp3) is 0.359. The zero-order valence-corrected chi connectivity index (χ0v) is 29.0. The smallest absolute Gasteiger partial charge is 0.242 e. The third kappa shape index (κ3) is 9.04. The molecule has 0 radical (unpaired) electrons. The summed E-state index contributed by atoms with van der Waals surface area (Å²) in [5.41, 5.74) is 4.68. The van der Waals surface area contributed by atoms with E-state index in [2.05, 4.69) is 14.9 Å².